The maximum absolute atomic E-state index is 13.7. The van der Waals surface area contributed by atoms with Crippen LogP contribution >= 0.6 is 0 Å². The van der Waals surface area contributed by atoms with E-state index >= 15 is 0 Å². The number of halogens is 1. The molecule has 5 aromatic rings. The van der Waals surface area contributed by atoms with Gasteiger partial charge < -0.3 is 0 Å². The molecule has 2 aromatic heterocycles. The summed E-state index contributed by atoms with van der Waals surface area (Å²) in [5, 5.41) is 5.02. The fraction of sp³-hybridized carbons (Fsp3) is 0.120. The fourth-order valence-corrected chi connectivity index (χ4v) is 3.90. The van der Waals surface area contributed by atoms with Crippen LogP contribution < -0.4 is 5.69 Å². The lowest BCUT2D eigenvalue weighted by molar-refractivity contribution is 0.0971. The van der Waals surface area contributed by atoms with Crippen molar-refractivity contribution in [1.29, 1.82) is 0 Å². The normalized spacial score (nSPS) is 11.3. The summed E-state index contributed by atoms with van der Waals surface area (Å²) in [4.78, 5) is 31.0. The van der Waals surface area contributed by atoms with E-state index in [-0.39, 0.29) is 18.2 Å². The molecule has 5 rings (SSSR count). The molecule has 0 spiro atoms. The molecule has 0 bridgehead atoms. The lowest BCUT2D eigenvalue weighted by Crippen LogP contribution is -2.30. The first-order chi connectivity index (χ1) is 15.4. The first-order valence-corrected chi connectivity index (χ1v) is 10.2. The lowest BCUT2D eigenvalue weighted by Gasteiger charge is -2.12. The number of para-hydroxylation sites is 1. The van der Waals surface area contributed by atoms with Crippen LogP contribution in [0.15, 0.2) is 71.5 Å². The largest absolute Gasteiger partial charge is 0.351 e. The zero-order chi connectivity index (χ0) is 22.4. The monoisotopic (exact) mass is 426 g/mol. The SMILES string of the molecule is Cc1ccc(C)c(C(=O)Cn2c(=O)n3nc(-c4cccc(F)c4)nc3c3ccccc32)c1. The van der Waals surface area contributed by atoms with Crippen molar-refractivity contribution in [2.45, 2.75) is 20.4 Å². The Kier molecular flexibility index (Phi) is 4.66. The molecule has 0 amide bonds. The summed E-state index contributed by atoms with van der Waals surface area (Å²) in [6.45, 7) is 3.67. The number of aryl methyl sites for hydroxylation is 2. The van der Waals surface area contributed by atoms with E-state index in [9.17, 15) is 14.0 Å². The van der Waals surface area contributed by atoms with Gasteiger partial charge >= 0.3 is 5.69 Å². The van der Waals surface area contributed by atoms with Gasteiger partial charge in [0.25, 0.3) is 0 Å². The van der Waals surface area contributed by atoms with Gasteiger partial charge in [-0.05, 0) is 49.7 Å². The number of fused-ring (bicyclic) bond motifs is 3. The second-order valence-electron chi connectivity index (χ2n) is 7.81. The Morgan fingerprint density at radius 1 is 1.00 bits per heavy atom. The van der Waals surface area contributed by atoms with E-state index in [4.69, 9.17) is 0 Å². The summed E-state index contributed by atoms with van der Waals surface area (Å²) in [5.74, 6) is -0.337. The molecule has 2 heterocycles. The predicted octanol–water partition coefficient (Wildman–Crippen LogP) is 4.35. The number of hydrogen-bond acceptors (Lipinski definition) is 4. The van der Waals surface area contributed by atoms with Crippen LogP contribution in [0, 0.1) is 19.7 Å². The Labute approximate surface area is 182 Å². The molecule has 0 unspecified atom stereocenters. The van der Waals surface area contributed by atoms with Crippen LogP contribution in [0.1, 0.15) is 21.5 Å². The van der Waals surface area contributed by atoms with Crippen LogP contribution in [0.25, 0.3) is 27.9 Å². The molecule has 0 aliphatic heterocycles. The predicted molar refractivity (Wildman–Crippen MR) is 120 cm³/mol. The minimum absolute atomic E-state index is 0.130. The maximum atomic E-state index is 13.7. The van der Waals surface area contributed by atoms with Crippen molar-refractivity contribution in [3.8, 4) is 11.4 Å². The molecule has 0 atom stereocenters. The number of benzene rings is 3. The Bertz CT molecular complexity index is 1580. The van der Waals surface area contributed by atoms with Crippen LogP contribution in [0.4, 0.5) is 4.39 Å². The van der Waals surface area contributed by atoms with Crippen LogP contribution in [-0.2, 0) is 6.54 Å². The topological polar surface area (TPSA) is 69.3 Å². The highest BCUT2D eigenvalue weighted by atomic mass is 19.1. The highest BCUT2D eigenvalue weighted by Crippen LogP contribution is 2.22. The number of carbonyl (C=O) groups excluding carboxylic acids is 1. The summed E-state index contributed by atoms with van der Waals surface area (Å²) in [5.41, 5.74) is 3.35. The summed E-state index contributed by atoms with van der Waals surface area (Å²) < 4.78 is 16.3. The highest BCUT2D eigenvalue weighted by Gasteiger charge is 2.19. The third-order valence-electron chi connectivity index (χ3n) is 5.53. The maximum Gasteiger partial charge on any atom is 0.351 e. The molecular weight excluding hydrogens is 407 g/mol. The van der Waals surface area contributed by atoms with E-state index in [0.29, 0.717) is 27.7 Å². The number of carbonyl (C=O) groups is 1. The Morgan fingerprint density at radius 2 is 1.81 bits per heavy atom. The molecule has 0 saturated carbocycles. The van der Waals surface area contributed by atoms with Gasteiger partial charge in [0.2, 0.25) is 0 Å². The van der Waals surface area contributed by atoms with E-state index in [2.05, 4.69) is 10.1 Å². The lowest BCUT2D eigenvalue weighted by atomic mass is 10.0. The van der Waals surface area contributed by atoms with Crippen molar-refractivity contribution in [2.75, 3.05) is 0 Å². The van der Waals surface area contributed by atoms with Gasteiger partial charge in [-0.25, -0.2) is 14.2 Å². The van der Waals surface area contributed by atoms with Crippen molar-refractivity contribution in [3.63, 3.8) is 0 Å². The smallest absolute Gasteiger partial charge is 0.292 e. The molecule has 0 saturated heterocycles. The second kappa shape index (κ2) is 7.53. The number of ketones is 1. The first-order valence-electron chi connectivity index (χ1n) is 10.2. The van der Waals surface area contributed by atoms with Gasteiger partial charge in [-0.2, -0.15) is 4.52 Å². The van der Waals surface area contributed by atoms with Crippen molar-refractivity contribution >= 4 is 22.3 Å². The van der Waals surface area contributed by atoms with Gasteiger partial charge in [-0.3, -0.25) is 9.36 Å². The molecule has 7 heteroatoms. The molecule has 6 nitrogen and oxygen atoms in total. The summed E-state index contributed by atoms with van der Waals surface area (Å²) in [6, 6.07) is 18.8. The molecular formula is C25H19FN4O2. The third kappa shape index (κ3) is 3.28. The molecule has 0 aliphatic carbocycles. The zero-order valence-corrected chi connectivity index (χ0v) is 17.5. The summed E-state index contributed by atoms with van der Waals surface area (Å²) in [6.07, 6.45) is 0. The van der Waals surface area contributed by atoms with Gasteiger partial charge in [0.05, 0.1) is 12.1 Å². The third-order valence-corrected chi connectivity index (χ3v) is 5.53. The summed E-state index contributed by atoms with van der Waals surface area (Å²) in [7, 11) is 0. The minimum atomic E-state index is -0.479. The minimum Gasteiger partial charge on any atom is -0.292 e. The first kappa shape index (κ1) is 19.8. The average Bonchev–Trinajstić information content (AvgIpc) is 3.24. The van der Waals surface area contributed by atoms with E-state index in [1.54, 1.807) is 24.3 Å². The molecule has 158 valence electrons. The van der Waals surface area contributed by atoms with Crippen molar-refractivity contribution in [2.24, 2.45) is 0 Å². The molecule has 3 aromatic carbocycles. The van der Waals surface area contributed by atoms with Gasteiger partial charge in [0.1, 0.15) is 5.82 Å². The highest BCUT2D eigenvalue weighted by molar-refractivity contribution is 5.99. The van der Waals surface area contributed by atoms with E-state index in [0.717, 1.165) is 11.1 Å². The molecule has 32 heavy (non-hydrogen) atoms. The van der Waals surface area contributed by atoms with Gasteiger partial charge in [-0.1, -0.05) is 42.0 Å². The quantitative estimate of drug-likeness (QED) is 0.401. The molecule has 0 aliphatic rings. The van der Waals surface area contributed by atoms with Gasteiger partial charge in [-0.15, -0.1) is 5.10 Å². The van der Waals surface area contributed by atoms with Crippen molar-refractivity contribution in [1.82, 2.24) is 19.2 Å². The Balaban J connectivity index is 1.70. The molecule has 0 N–H and O–H groups in total. The second-order valence-corrected chi connectivity index (χ2v) is 7.81. The number of rotatable bonds is 4. The number of aromatic nitrogens is 4. The van der Waals surface area contributed by atoms with E-state index in [1.165, 1.54) is 21.2 Å². The van der Waals surface area contributed by atoms with Gasteiger partial charge in [0.15, 0.2) is 17.3 Å². The number of Topliss-reactive ketones (excluding diaryl/α,β-unsaturated/α-hetero) is 1. The molecule has 0 fully saturated rings. The van der Waals surface area contributed by atoms with Crippen molar-refractivity contribution < 1.29 is 9.18 Å². The van der Waals surface area contributed by atoms with Gasteiger partial charge in [0, 0.05) is 16.5 Å². The standard InChI is InChI=1S/C25H19FN4O2/c1-15-10-11-16(2)20(12-15)22(31)14-29-21-9-4-3-8-19(21)24-27-23(28-30(24)25(29)32)17-6-5-7-18(26)13-17/h3-13H,14H2,1-2H3. The van der Waals surface area contributed by atoms with Crippen LogP contribution in [0.3, 0.4) is 0 Å². The van der Waals surface area contributed by atoms with Crippen LogP contribution in [-0.4, -0.2) is 24.9 Å². The van der Waals surface area contributed by atoms with Crippen LogP contribution in [0.2, 0.25) is 0 Å². The summed E-state index contributed by atoms with van der Waals surface area (Å²) >= 11 is 0. The fourth-order valence-electron chi connectivity index (χ4n) is 3.90. The van der Waals surface area contributed by atoms with E-state index in [1.807, 2.05) is 44.2 Å². The Hall–Kier alpha value is -4.13. The number of nitrogens with zero attached hydrogens (tertiary/aromatic N) is 4. The Morgan fingerprint density at radius 3 is 2.62 bits per heavy atom. The zero-order valence-electron chi connectivity index (χ0n) is 17.5. The van der Waals surface area contributed by atoms with Crippen molar-refractivity contribution in [3.05, 3.63) is 99.7 Å². The van der Waals surface area contributed by atoms with E-state index < -0.39 is 11.5 Å². The molecule has 0 radical (unpaired) electrons. The number of hydrogen-bond donors (Lipinski definition) is 0. The van der Waals surface area contributed by atoms with Crippen LogP contribution in [0.5, 0.6) is 0 Å². The average molecular weight is 426 g/mol.